The number of nitrogens with zero attached hydrogens (tertiary/aromatic N) is 1. The number of carbonyl (C=O) groups excluding carboxylic acids is 1. The molecule has 0 saturated carbocycles. The van der Waals surface area contributed by atoms with Crippen LogP contribution >= 0.6 is 0 Å². The van der Waals surface area contributed by atoms with Crippen molar-refractivity contribution in [3.05, 3.63) is 65.9 Å². The maximum absolute atomic E-state index is 13.1. The molecular weight excluding hydrogens is 340 g/mol. The summed E-state index contributed by atoms with van der Waals surface area (Å²) in [6, 6.07) is 15.7. The summed E-state index contributed by atoms with van der Waals surface area (Å²) in [5.41, 5.74) is 1.88. The van der Waals surface area contributed by atoms with E-state index in [2.05, 4.69) is 4.98 Å². The van der Waals surface area contributed by atoms with Crippen LogP contribution in [0.1, 0.15) is 28.8 Å². The number of aliphatic hydroxyl groups is 1. The number of carbonyl (C=O) groups is 1. The molecule has 1 aliphatic heterocycles. The Hall–Kier alpha value is -2.79. The van der Waals surface area contributed by atoms with Crippen LogP contribution in [-0.2, 0) is 6.42 Å². The van der Waals surface area contributed by atoms with Crippen molar-refractivity contribution in [3.63, 3.8) is 0 Å². The van der Waals surface area contributed by atoms with Crippen molar-refractivity contribution in [2.75, 3.05) is 20.2 Å². The molecule has 1 amide bonds. The lowest BCUT2D eigenvalue weighted by Crippen LogP contribution is -2.47. The maximum Gasteiger partial charge on any atom is 0.257 e. The van der Waals surface area contributed by atoms with E-state index in [1.807, 2.05) is 59.6 Å². The molecule has 1 aromatic heterocycles. The second-order valence-electron chi connectivity index (χ2n) is 7.30. The number of rotatable bonds is 4. The van der Waals surface area contributed by atoms with E-state index in [-0.39, 0.29) is 5.91 Å². The van der Waals surface area contributed by atoms with Crippen LogP contribution in [0.25, 0.3) is 10.9 Å². The average molecular weight is 364 g/mol. The molecule has 3 aromatic rings. The number of aromatic amines is 1. The predicted octanol–water partition coefficient (Wildman–Crippen LogP) is 3.39. The molecule has 0 spiro atoms. The van der Waals surface area contributed by atoms with Crippen LogP contribution in [0.4, 0.5) is 0 Å². The van der Waals surface area contributed by atoms with Gasteiger partial charge >= 0.3 is 0 Å². The number of methoxy groups -OCH3 is 1. The lowest BCUT2D eigenvalue weighted by molar-refractivity contribution is -0.0162. The van der Waals surface area contributed by atoms with Gasteiger partial charge in [0.2, 0.25) is 0 Å². The number of hydrogen-bond acceptors (Lipinski definition) is 3. The number of benzene rings is 2. The Kier molecular flexibility index (Phi) is 4.62. The Bertz CT molecular complexity index is 941. The number of likely N-dealkylation sites (tertiary alicyclic amines) is 1. The Morgan fingerprint density at radius 3 is 2.63 bits per heavy atom. The largest absolute Gasteiger partial charge is 0.496 e. The smallest absolute Gasteiger partial charge is 0.257 e. The van der Waals surface area contributed by atoms with Crippen LogP contribution in [0.15, 0.2) is 54.7 Å². The van der Waals surface area contributed by atoms with Gasteiger partial charge in [-0.15, -0.1) is 0 Å². The zero-order valence-corrected chi connectivity index (χ0v) is 15.4. The van der Waals surface area contributed by atoms with Crippen molar-refractivity contribution in [1.82, 2.24) is 9.88 Å². The monoisotopic (exact) mass is 364 g/mol. The highest BCUT2D eigenvalue weighted by Crippen LogP contribution is 2.30. The lowest BCUT2D eigenvalue weighted by atomic mass is 9.85. The molecule has 4 rings (SSSR count). The van der Waals surface area contributed by atoms with Crippen molar-refractivity contribution in [2.45, 2.75) is 24.9 Å². The number of amides is 1. The molecule has 27 heavy (non-hydrogen) atoms. The van der Waals surface area contributed by atoms with E-state index in [1.54, 1.807) is 7.11 Å². The Morgan fingerprint density at radius 1 is 1.19 bits per heavy atom. The fourth-order valence-corrected chi connectivity index (χ4v) is 3.87. The molecule has 0 unspecified atom stereocenters. The zero-order chi connectivity index (χ0) is 18.9. The summed E-state index contributed by atoms with van der Waals surface area (Å²) in [5, 5.41) is 11.9. The second kappa shape index (κ2) is 7.08. The number of nitrogens with one attached hydrogen (secondary N) is 1. The first kappa shape index (κ1) is 17.6. The van der Waals surface area contributed by atoms with Crippen LogP contribution in [0.2, 0.25) is 0 Å². The maximum atomic E-state index is 13.1. The number of aromatic nitrogens is 1. The summed E-state index contributed by atoms with van der Waals surface area (Å²) >= 11 is 0. The molecule has 0 aliphatic carbocycles. The minimum atomic E-state index is -0.757. The van der Waals surface area contributed by atoms with Crippen molar-refractivity contribution in [2.24, 2.45) is 0 Å². The van der Waals surface area contributed by atoms with Gasteiger partial charge in [-0.2, -0.15) is 0 Å². The highest BCUT2D eigenvalue weighted by atomic mass is 16.5. The molecule has 5 nitrogen and oxygen atoms in total. The minimum absolute atomic E-state index is 0.0447. The number of ether oxygens (including phenoxy) is 1. The molecule has 0 radical (unpaired) electrons. The van der Waals surface area contributed by atoms with Gasteiger partial charge in [-0.3, -0.25) is 4.79 Å². The van der Waals surface area contributed by atoms with Gasteiger partial charge in [0.15, 0.2) is 0 Å². The molecule has 1 aliphatic rings. The van der Waals surface area contributed by atoms with E-state index in [9.17, 15) is 9.90 Å². The van der Waals surface area contributed by atoms with Gasteiger partial charge in [0.05, 0.1) is 18.3 Å². The Balaban J connectivity index is 1.48. The van der Waals surface area contributed by atoms with E-state index >= 15 is 0 Å². The number of piperidine rings is 1. The number of H-pyrrole nitrogens is 1. The van der Waals surface area contributed by atoms with Crippen LogP contribution < -0.4 is 4.74 Å². The first-order valence-corrected chi connectivity index (χ1v) is 9.29. The standard InChI is InChI=1S/C22H24N2O3/c1-27-20-14-19-17(7-10-23-19)13-18(20)21(25)24-11-8-22(26,9-12-24)15-16-5-3-2-4-6-16/h2-7,10,13-14,23,26H,8-9,11-12,15H2,1H3. The summed E-state index contributed by atoms with van der Waals surface area (Å²) in [7, 11) is 1.58. The van der Waals surface area contributed by atoms with Gasteiger partial charge in [-0.25, -0.2) is 0 Å². The number of hydrogen-bond donors (Lipinski definition) is 2. The molecule has 0 atom stereocenters. The van der Waals surface area contributed by atoms with Gasteiger partial charge in [0.25, 0.3) is 5.91 Å². The lowest BCUT2D eigenvalue weighted by Gasteiger charge is -2.38. The topological polar surface area (TPSA) is 65.6 Å². The first-order chi connectivity index (χ1) is 13.1. The summed E-state index contributed by atoms with van der Waals surface area (Å²) in [5.74, 6) is 0.525. The third kappa shape index (κ3) is 3.55. The molecule has 0 bridgehead atoms. The van der Waals surface area contributed by atoms with Crippen LogP contribution in [-0.4, -0.2) is 46.7 Å². The van der Waals surface area contributed by atoms with Gasteiger partial charge in [-0.1, -0.05) is 30.3 Å². The average Bonchev–Trinajstić information content (AvgIpc) is 3.15. The molecular formula is C22H24N2O3. The molecule has 2 N–H and O–H groups in total. The fourth-order valence-electron chi connectivity index (χ4n) is 3.87. The van der Waals surface area contributed by atoms with Crippen LogP contribution in [0, 0.1) is 0 Å². The van der Waals surface area contributed by atoms with Gasteiger partial charge in [0, 0.05) is 42.7 Å². The Morgan fingerprint density at radius 2 is 1.93 bits per heavy atom. The summed E-state index contributed by atoms with van der Waals surface area (Å²) in [4.78, 5) is 18.0. The molecule has 1 saturated heterocycles. The van der Waals surface area contributed by atoms with E-state index in [0.717, 1.165) is 16.5 Å². The van der Waals surface area contributed by atoms with Crippen LogP contribution in [0.5, 0.6) is 5.75 Å². The molecule has 140 valence electrons. The van der Waals surface area contributed by atoms with E-state index in [4.69, 9.17) is 4.74 Å². The van der Waals surface area contributed by atoms with Gasteiger partial charge in [0.1, 0.15) is 5.75 Å². The summed E-state index contributed by atoms with van der Waals surface area (Å²) in [6.07, 6.45) is 3.61. The Labute approximate surface area is 158 Å². The molecule has 5 heteroatoms. The SMILES string of the molecule is COc1cc2[nH]ccc2cc1C(=O)N1CCC(O)(Cc2ccccc2)CC1. The normalized spacial score (nSPS) is 16.4. The first-order valence-electron chi connectivity index (χ1n) is 9.29. The number of fused-ring (bicyclic) bond motifs is 1. The van der Waals surface area contributed by atoms with E-state index < -0.39 is 5.60 Å². The third-order valence-corrected chi connectivity index (χ3v) is 5.46. The quantitative estimate of drug-likeness (QED) is 0.746. The molecule has 2 aromatic carbocycles. The van der Waals surface area contributed by atoms with Crippen LogP contribution in [0.3, 0.4) is 0 Å². The minimum Gasteiger partial charge on any atom is -0.496 e. The second-order valence-corrected chi connectivity index (χ2v) is 7.30. The van der Waals surface area contributed by atoms with Crippen molar-refractivity contribution in [3.8, 4) is 5.75 Å². The summed E-state index contributed by atoms with van der Waals surface area (Å²) < 4.78 is 5.44. The highest BCUT2D eigenvalue weighted by Gasteiger charge is 2.34. The fraction of sp³-hybridized carbons (Fsp3) is 0.318. The van der Waals surface area contributed by atoms with Crippen molar-refractivity contribution in [1.29, 1.82) is 0 Å². The summed E-state index contributed by atoms with van der Waals surface area (Å²) in [6.45, 7) is 1.08. The predicted molar refractivity (Wildman–Crippen MR) is 105 cm³/mol. The van der Waals surface area contributed by atoms with Gasteiger partial charge < -0.3 is 19.7 Å². The molecule has 2 heterocycles. The zero-order valence-electron chi connectivity index (χ0n) is 15.4. The van der Waals surface area contributed by atoms with Crippen molar-refractivity contribution < 1.29 is 14.6 Å². The van der Waals surface area contributed by atoms with E-state index in [0.29, 0.717) is 43.7 Å². The third-order valence-electron chi connectivity index (χ3n) is 5.46. The van der Waals surface area contributed by atoms with E-state index in [1.165, 1.54) is 0 Å². The van der Waals surface area contributed by atoms with Gasteiger partial charge in [-0.05, 0) is 30.5 Å². The highest BCUT2D eigenvalue weighted by molar-refractivity contribution is 6.01. The molecule has 1 fully saturated rings. The van der Waals surface area contributed by atoms with Crippen molar-refractivity contribution >= 4 is 16.8 Å².